The largest absolute Gasteiger partial charge is 0.307 e. The molecular weight excluding hydrogens is 190 g/mol. The molecule has 15 heavy (non-hydrogen) atoms. The molecule has 5 heteroatoms. The first-order chi connectivity index (χ1) is 7.22. The zero-order valence-electron chi connectivity index (χ0n) is 9.18. The van der Waals surface area contributed by atoms with Crippen molar-refractivity contribution in [2.45, 2.75) is 6.04 Å². The fourth-order valence-corrected chi connectivity index (χ4v) is 1.70. The Balaban J connectivity index is 2.36. The lowest BCUT2D eigenvalue weighted by atomic mass is 10.1. The van der Waals surface area contributed by atoms with Gasteiger partial charge in [0.25, 0.3) is 0 Å². The van der Waals surface area contributed by atoms with Crippen molar-refractivity contribution in [1.82, 2.24) is 24.9 Å². The number of rotatable bonds is 3. The molecule has 2 aromatic heterocycles. The third kappa shape index (κ3) is 1.78. The summed E-state index contributed by atoms with van der Waals surface area (Å²) in [6.45, 7) is 0. The Kier molecular flexibility index (Phi) is 2.55. The van der Waals surface area contributed by atoms with E-state index in [1.54, 1.807) is 10.9 Å². The molecule has 1 atom stereocenters. The summed E-state index contributed by atoms with van der Waals surface area (Å²) >= 11 is 0. The molecule has 0 aromatic carbocycles. The zero-order chi connectivity index (χ0) is 10.8. The fourth-order valence-electron chi connectivity index (χ4n) is 1.70. The van der Waals surface area contributed by atoms with E-state index in [0.29, 0.717) is 0 Å². The van der Waals surface area contributed by atoms with Gasteiger partial charge in [-0.2, -0.15) is 10.2 Å². The highest BCUT2D eigenvalue weighted by atomic mass is 15.3. The molecule has 0 radical (unpaired) electrons. The Morgan fingerprint density at radius 2 is 2.13 bits per heavy atom. The van der Waals surface area contributed by atoms with Gasteiger partial charge in [0.2, 0.25) is 0 Å². The van der Waals surface area contributed by atoms with Crippen LogP contribution in [0.5, 0.6) is 0 Å². The monoisotopic (exact) mass is 205 g/mol. The van der Waals surface area contributed by atoms with Crippen LogP contribution in [0, 0.1) is 0 Å². The van der Waals surface area contributed by atoms with Gasteiger partial charge in [0.1, 0.15) is 0 Å². The lowest BCUT2D eigenvalue weighted by molar-refractivity contribution is 0.583. The molecule has 0 spiro atoms. The molecule has 0 bridgehead atoms. The molecule has 80 valence electrons. The standard InChI is InChI=1S/C10H15N5/c1-11-10(8-5-7-14(2)13-8)9-4-6-12-15(9)3/h4-7,10-11H,1-3H3. The summed E-state index contributed by atoms with van der Waals surface area (Å²) in [6, 6.07) is 4.10. The molecule has 0 saturated carbocycles. The van der Waals surface area contributed by atoms with Gasteiger partial charge in [-0.3, -0.25) is 9.36 Å². The number of aryl methyl sites for hydroxylation is 2. The van der Waals surface area contributed by atoms with Crippen LogP contribution in [0.2, 0.25) is 0 Å². The van der Waals surface area contributed by atoms with Gasteiger partial charge in [-0.25, -0.2) is 0 Å². The maximum Gasteiger partial charge on any atom is 0.0937 e. The van der Waals surface area contributed by atoms with Crippen LogP contribution in [-0.4, -0.2) is 26.6 Å². The first-order valence-corrected chi connectivity index (χ1v) is 4.87. The second-order valence-electron chi connectivity index (χ2n) is 3.52. The first kappa shape index (κ1) is 9.92. The van der Waals surface area contributed by atoms with Crippen molar-refractivity contribution in [2.24, 2.45) is 14.1 Å². The maximum absolute atomic E-state index is 4.39. The van der Waals surface area contributed by atoms with Crippen LogP contribution in [0.4, 0.5) is 0 Å². The molecule has 2 heterocycles. The Hall–Kier alpha value is -1.62. The van der Waals surface area contributed by atoms with Crippen molar-refractivity contribution >= 4 is 0 Å². The lowest BCUT2D eigenvalue weighted by Crippen LogP contribution is -2.21. The van der Waals surface area contributed by atoms with Crippen LogP contribution in [0.25, 0.3) is 0 Å². The third-order valence-electron chi connectivity index (χ3n) is 2.47. The highest BCUT2D eigenvalue weighted by Gasteiger charge is 2.17. The predicted octanol–water partition coefficient (Wildman–Crippen LogP) is 0.462. The van der Waals surface area contributed by atoms with Crippen molar-refractivity contribution in [3.05, 3.63) is 35.9 Å². The van der Waals surface area contributed by atoms with Crippen molar-refractivity contribution in [2.75, 3.05) is 7.05 Å². The van der Waals surface area contributed by atoms with Crippen molar-refractivity contribution in [1.29, 1.82) is 0 Å². The van der Waals surface area contributed by atoms with Crippen LogP contribution in [0.1, 0.15) is 17.4 Å². The van der Waals surface area contributed by atoms with E-state index in [-0.39, 0.29) is 6.04 Å². The first-order valence-electron chi connectivity index (χ1n) is 4.87. The Labute approximate surface area is 88.7 Å². The molecule has 0 aliphatic heterocycles. The van der Waals surface area contributed by atoms with E-state index in [9.17, 15) is 0 Å². The van der Waals surface area contributed by atoms with E-state index in [4.69, 9.17) is 0 Å². The molecule has 0 fully saturated rings. The maximum atomic E-state index is 4.39. The minimum atomic E-state index is 0.0960. The van der Waals surface area contributed by atoms with Crippen molar-refractivity contribution < 1.29 is 0 Å². The quantitative estimate of drug-likeness (QED) is 0.792. The van der Waals surface area contributed by atoms with Crippen LogP contribution in [0.15, 0.2) is 24.5 Å². The zero-order valence-corrected chi connectivity index (χ0v) is 9.18. The second-order valence-corrected chi connectivity index (χ2v) is 3.52. The molecule has 0 saturated heterocycles. The number of aromatic nitrogens is 4. The van der Waals surface area contributed by atoms with E-state index in [1.807, 2.05) is 44.2 Å². The minimum absolute atomic E-state index is 0.0960. The van der Waals surface area contributed by atoms with Crippen LogP contribution >= 0.6 is 0 Å². The van der Waals surface area contributed by atoms with Gasteiger partial charge < -0.3 is 5.32 Å². The summed E-state index contributed by atoms with van der Waals surface area (Å²) in [5.41, 5.74) is 2.11. The Morgan fingerprint density at radius 1 is 1.33 bits per heavy atom. The Bertz CT molecular complexity index is 442. The molecule has 0 amide bonds. The van der Waals surface area contributed by atoms with E-state index in [0.717, 1.165) is 11.4 Å². The number of nitrogens with zero attached hydrogens (tertiary/aromatic N) is 4. The summed E-state index contributed by atoms with van der Waals surface area (Å²) in [5, 5.41) is 11.8. The van der Waals surface area contributed by atoms with Gasteiger partial charge in [-0.1, -0.05) is 0 Å². The molecule has 0 aliphatic carbocycles. The number of hydrogen-bond donors (Lipinski definition) is 1. The fraction of sp³-hybridized carbons (Fsp3) is 0.400. The lowest BCUT2D eigenvalue weighted by Gasteiger charge is -2.13. The highest BCUT2D eigenvalue weighted by molar-refractivity contribution is 5.20. The average molecular weight is 205 g/mol. The predicted molar refractivity (Wildman–Crippen MR) is 57.3 cm³/mol. The van der Waals surface area contributed by atoms with Crippen molar-refractivity contribution in [3.8, 4) is 0 Å². The molecule has 2 aromatic rings. The highest BCUT2D eigenvalue weighted by Crippen LogP contribution is 2.18. The normalized spacial score (nSPS) is 13.0. The van der Waals surface area contributed by atoms with Gasteiger partial charge in [-0.15, -0.1) is 0 Å². The number of hydrogen-bond acceptors (Lipinski definition) is 3. The summed E-state index contributed by atoms with van der Waals surface area (Å²) in [5.74, 6) is 0. The molecular formula is C10H15N5. The van der Waals surface area contributed by atoms with Gasteiger partial charge in [0.05, 0.1) is 17.4 Å². The van der Waals surface area contributed by atoms with Crippen molar-refractivity contribution in [3.63, 3.8) is 0 Å². The molecule has 1 unspecified atom stereocenters. The third-order valence-corrected chi connectivity index (χ3v) is 2.47. The van der Waals surface area contributed by atoms with Gasteiger partial charge >= 0.3 is 0 Å². The number of nitrogens with one attached hydrogen (secondary N) is 1. The second kappa shape index (κ2) is 3.86. The summed E-state index contributed by atoms with van der Waals surface area (Å²) in [4.78, 5) is 0. The summed E-state index contributed by atoms with van der Waals surface area (Å²) in [6.07, 6.45) is 3.73. The van der Waals surface area contributed by atoms with Crippen LogP contribution in [-0.2, 0) is 14.1 Å². The molecule has 2 rings (SSSR count). The topological polar surface area (TPSA) is 47.7 Å². The van der Waals surface area contributed by atoms with E-state index in [1.165, 1.54) is 0 Å². The molecule has 5 nitrogen and oxygen atoms in total. The van der Waals surface area contributed by atoms with E-state index in [2.05, 4.69) is 15.5 Å². The minimum Gasteiger partial charge on any atom is -0.307 e. The molecule has 0 aliphatic rings. The van der Waals surface area contributed by atoms with E-state index >= 15 is 0 Å². The van der Waals surface area contributed by atoms with Crippen LogP contribution < -0.4 is 5.32 Å². The van der Waals surface area contributed by atoms with E-state index < -0.39 is 0 Å². The summed E-state index contributed by atoms with van der Waals surface area (Å²) < 4.78 is 3.66. The van der Waals surface area contributed by atoms with Gasteiger partial charge in [0.15, 0.2) is 0 Å². The smallest absolute Gasteiger partial charge is 0.0937 e. The van der Waals surface area contributed by atoms with Crippen LogP contribution in [0.3, 0.4) is 0 Å². The van der Waals surface area contributed by atoms with Gasteiger partial charge in [-0.05, 0) is 19.2 Å². The summed E-state index contributed by atoms with van der Waals surface area (Å²) in [7, 11) is 5.77. The SMILES string of the molecule is CNC(c1ccn(C)n1)c1ccnn1C. The molecule has 1 N–H and O–H groups in total. The van der Waals surface area contributed by atoms with Gasteiger partial charge in [0, 0.05) is 26.5 Å². The average Bonchev–Trinajstić information content (AvgIpc) is 2.79. The Morgan fingerprint density at radius 3 is 2.60 bits per heavy atom.